The Balaban J connectivity index is 1.82. The van der Waals surface area contributed by atoms with E-state index in [2.05, 4.69) is 10.6 Å². The highest BCUT2D eigenvalue weighted by Crippen LogP contribution is 2.20. The molecule has 0 unspecified atom stereocenters. The number of amides is 2. The summed E-state index contributed by atoms with van der Waals surface area (Å²) in [7, 11) is -3.94. The number of sulfonamides is 1. The smallest absolute Gasteiger partial charge is 0.243 e. The molecule has 0 atom stereocenters. The van der Waals surface area contributed by atoms with Crippen LogP contribution < -0.4 is 10.6 Å². The number of nitrogens with zero attached hydrogens (tertiary/aromatic N) is 1. The number of rotatable bonds is 8. The van der Waals surface area contributed by atoms with Gasteiger partial charge < -0.3 is 10.6 Å². The van der Waals surface area contributed by atoms with E-state index in [9.17, 15) is 18.0 Å². The molecule has 0 bridgehead atoms. The van der Waals surface area contributed by atoms with Crippen LogP contribution in [0.3, 0.4) is 0 Å². The van der Waals surface area contributed by atoms with Crippen LogP contribution in [-0.4, -0.2) is 31.1 Å². The molecule has 0 heterocycles. The second kappa shape index (κ2) is 10.4. The van der Waals surface area contributed by atoms with E-state index in [4.69, 9.17) is 11.6 Å². The summed E-state index contributed by atoms with van der Waals surface area (Å²) in [6, 6.07) is 21.3. The molecular formula is C23H22ClN3O4S. The SMILES string of the molecule is CC(=O)Nc1cccc(NC(=O)CN(Cc2ccc(Cl)cc2)S(=O)(=O)c2ccccc2)c1. The van der Waals surface area contributed by atoms with Crippen LogP contribution in [0.2, 0.25) is 5.02 Å². The molecule has 2 N–H and O–H groups in total. The highest BCUT2D eigenvalue weighted by Gasteiger charge is 2.27. The van der Waals surface area contributed by atoms with Gasteiger partial charge in [-0.2, -0.15) is 4.31 Å². The number of carbonyl (C=O) groups is 2. The number of nitrogens with one attached hydrogen (secondary N) is 2. The zero-order valence-corrected chi connectivity index (χ0v) is 18.9. The van der Waals surface area contributed by atoms with E-state index in [1.165, 1.54) is 19.1 Å². The van der Waals surface area contributed by atoms with Gasteiger partial charge in [0.15, 0.2) is 0 Å². The molecule has 3 aromatic rings. The number of carbonyl (C=O) groups excluding carboxylic acids is 2. The van der Waals surface area contributed by atoms with Crippen LogP contribution in [0.15, 0.2) is 83.8 Å². The molecule has 0 aromatic heterocycles. The Kier molecular flexibility index (Phi) is 7.63. The van der Waals surface area contributed by atoms with Crippen molar-refractivity contribution in [2.75, 3.05) is 17.2 Å². The van der Waals surface area contributed by atoms with E-state index in [1.54, 1.807) is 66.7 Å². The summed E-state index contributed by atoms with van der Waals surface area (Å²) in [5.41, 5.74) is 1.64. The van der Waals surface area contributed by atoms with Crippen LogP contribution in [0.5, 0.6) is 0 Å². The fraction of sp³-hybridized carbons (Fsp3) is 0.130. The highest BCUT2D eigenvalue weighted by atomic mass is 35.5. The standard InChI is InChI=1S/C23H22ClN3O4S/c1-17(28)25-20-6-5-7-21(14-20)26-23(29)16-27(15-18-10-12-19(24)13-11-18)32(30,31)22-8-3-2-4-9-22/h2-14H,15-16H2,1H3,(H,25,28)(H,26,29). The molecule has 166 valence electrons. The average molecular weight is 472 g/mol. The van der Waals surface area contributed by atoms with Crippen molar-refractivity contribution in [3.63, 3.8) is 0 Å². The monoisotopic (exact) mass is 471 g/mol. The van der Waals surface area contributed by atoms with Crippen LogP contribution in [0.4, 0.5) is 11.4 Å². The first-order valence-corrected chi connectivity index (χ1v) is 11.5. The van der Waals surface area contributed by atoms with Gasteiger partial charge in [0.05, 0.1) is 11.4 Å². The van der Waals surface area contributed by atoms with E-state index < -0.39 is 22.5 Å². The predicted molar refractivity (Wildman–Crippen MR) is 125 cm³/mol. The lowest BCUT2D eigenvalue weighted by atomic mass is 10.2. The normalized spacial score (nSPS) is 11.2. The molecule has 0 radical (unpaired) electrons. The van der Waals surface area contributed by atoms with Gasteiger partial charge in [0, 0.05) is 29.9 Å². The van der Waals surface area contributed by atoms with Gasteiger partial charge in [-0.05, 0) is 48.0 Å². The summed E-state index contributed by atoms with van der Waals surface area (Å²) < 4.78 is 27.6. The Morgan fingerprint density at radius 3 is 2.12 bits per heavy atom. The summed E-state index contributed by atoms with van der Waals surface area (Å²) in [4.78, 5) is 24.1. The number of halogens is 1. The van der Waals surface area contributed by atoms with Crippen LogP contribution in [-0.2, 0) is 26.2 Å². The Bertz CT molecular complexity index is 1200. The zero-order chi connectivity index (χ0) is 23.1. The third kappa shape index (κ3) is 6.40. The third-order valence-electron chi connectivity index (χ3n) is 4.44. The van der Waals surface area contributed by atoms with Gasteiger partial charge in [0.1, 0.15) is 0 Å². The molecule has 3 aromatic carbocycles. The molecule has 3 rings (SSSR count). The molecule has 0 saturated carbocycles. The van der Waals surface area contributed by atoms with E-state index in [-0.39, 0.29) is 17.3 Å². The quantitative estimate of drug-likeness (QED) is 0.516. The lowest BCUT2D eigenvalue weighted by Gasteiger charge is -2.22. The van der Waals surface area contributed by atoms with Crippen molar-refractivity contribution in [3.8, 4) is 0 Å². The summed E-state index contributed by atoms with van der Waals surface area (Å²) in [6.07, 6.45) is 0. The molecule has 0 aliphatic heterocycles. The first-order valence-electron chi connectivity index (χ1n) is 9.71. The van der Waals surface area contributed by atoms with E-state index in [0.29, 0.717) is 22.0 Å². The lowest BCUT2D eigenvalue weighted by Crippen LogP contribution is -2.37. The maximum absolute atomic E-state index is 13.2. The predicted octanol–water partition coefficient (Wildman–Crippen LogP) is 4.13. The van der Waals surface area contributed by atoms with Gasteiger partial charge in [0.25, 0.3) is 0 Å². The van der Waals surface area contributed by atoms with E-state index in [0.717, 1.165) is 4.31 Å². The first-order chi connectivity index (χ1) is 15.2. The zero-order valence-electron chi connectivity index (χ0n) is 17.3. The molecule has 0 aliphatic carbocycles. The van der Waals surface area contributed by atoms with Gasteiger partial charge in [-0.15, -0.1) is 0 Å². The Morgan fingerprint density at radius 2 is 1.50 bits per heavy atom. The summed E-state index contributed by atoms with van der Waals surface area (Å²) >= 11 is 5.93. The van der Waals surface area contributed by atoms with Crippen molar-refractivity contribution >= 4 is 44.8 Å². The molecule has 0 spiro atoms. The van der Waals surface area contributed by atoms with Crippen LogP contribution in [0.25, 0.3) is 0 Å². The number of anilines is 2. The van der Waals surface area contributed by atoms with Gasteiger partial charge in [-0.3, -0.25) is 9.59 Å². The second-order valence-corrected chi connectivity index (χ2v) is 9.40. The average Bonchev–Trinajstić information content (AvgIpc) is 2.75. The summed E-state index contributed by atoms with van der Waals surface area (Å²) in [5, 5.41) is 5.85. The topological polar surface area (TPSA) is 95.6 Å². The van der Waals surface area contributed by atoms with Crippen molar-refractivity contribution in [1.82, 2.24) is 4.31 Å². The number of hydrogen-bond donors (Lipinski definition) is 2. The molecule has 9 heteroatoms. The molecule has 2 amide bonds. The van der Waals surface area contributed by atoms with Crippen molar-refractivity contribution < 1.29 is 18.0 Å². The molecule has 0 saturated heterocycles. The fourth-order valence-electron chi connectivity index (χ4n) is 3.00. The van der Waals surface area contributed by atoms with Gasteiger partial charge in [-0.1, -0.05) is 48.0 Å². The van der Waals surface area contributed by atoms with Gasteiger partial charge in [0.2, 0.25) is 21.8 Å². The molecule has 0 aliphatic rings. The third-order valence-corrected chi connectivity index (χ3v) is 6.50. The van der Waals surface area contributed by atoms with E-state index in [1.807, 2.05) is 0 Å². The van der Waals surface area contributed by atoms with Crippen molar-refractivity contribution in [2.45, 2.75) is 18.4 Å². The van der Waals surface area contributed by atoms with Crippen LogP contribution >= 0.6 is 11.6 Å². The molecular weight excluding hydrogens is 450 g/mol. The first kappa shape index (κ1) is 23.5. The number of hydrogen-bond acceptors (Lipinski definition) is 4. The molecule has 7 nitrogen and oxygen atoms in total. The lowest BCUT2D eigenvalue weighted by molar-refractivity contribution is -0.116. The van der Waals surface area contributed by atoms with Crippen molar-refractivity contribution in [3.05, 3.63) is 89.4 Å². The minimum absolute atomic E-state index is 0.00620. The summed E-state index contributed by atoms with van der Waals surface area (Å²) in [6.45, 7) is 0.978. The minimum atomic E-state index is -3.94. The van der Waals surface area contributed by atoms with Gasteiger partial charge >= 0.3 is 0 Å². The van der Waals surface area contributed by atoms with Gasteiger partial charge in [-0.25, -0.2) is 8.42 Å². The number of benzene rings is 3. The minimum Gasteiger partial charge on any atom is -0.326 e. The highest BCUT2D eigenvalue weighted by molar-refractivity contribution is 7.89. The van der Waals surface area contributed by atoms with Crippen LogP contribution in [0.1, 0.15) is 12.5 Å². The fourth-order valence-corrected chi connectivity index (χ4v) is 4.53. The Morgan fingerprint density at radius 1 is 0.875 bits per heavy atom. The largest absolute Gasteiger partial charge is 0.326 e. The molecule has 32 heavy (non-hydrogen) atoms. The summed E-state index contributed by atoms with van der Waals surface area (Å²) in [5.74, 6) is -0.755. The second-order valence-electron chi connectivity index (χ2n) is 7.02. The Labute approximate surface area is 192 Å². The van der Waals surface area contributed by atoms with Crippen molar-refractivity contribution in [1.29, 1.82) is 0 Å². The van der Waals surface area contributed by atoms with E-state index >= 15 is 0 Å². The maximum Gasteiger partial charge on any atom is 0.243 e. The van der Waals surface area contributed by atoms with Crippen molar-refractivity contribution in [2.24, 2.45) is 0 Å². The Hall–Kier alpha value is -3.20. The molecule has 0 fully saturated rings. The maximum atomic E-state index is 13.2. The van der Waals surface area contributed by atoms with Crippen LogP contribution in [0, 0.1) is 0 Å².